The summed E-state index contributed by atoms with van der Waals surface area (Å²) in [5, 5.41) is 23.2. The minimum absolute atomic E-state index is 0.0324. The van der Waals surface area contributed by atoms with E-state index in [9.17, 15) is 18.4 Å². The molecule has 0 aliphatic carbocycles. The minimum atomic E-state index is -4.91. The predicted octanol–water partition coefficient (Wildman–Crippen LogP) is 2.72. The zero-order valence-corrected chi connectivity index (χ0v) is 15.8. The summed E-state index contributed by atoms with van der Waals surface area (Å²) in [4.78, 5) is 8.35. The molecule has 0 radical (unpaired) electrons. The molecule has 2 aromatic rings. The molecule has 1 unspecified atom stereocenters. The fourth-order valence-electron chi connectivity index (χ4n) is 2.75. The normalized spacial score (nSPS) is 15.2. The highest BCUT2D eigenvalue weighted by atomic mass is 79.9. The molecule has 13 heteroatoms. The monoisotopic (exact) mass is 466 g/mol. The number of alkyl halides is 3. The molecule has 0 fully saturated rings. The number of nitrogens with zero attached hydrogens (tertiary/aromatic N) is 4. The van der Waals surface area contributed by atoms with Crippen LogP contribution in [0.5, 0.6) is 5.75 Å². The summed E-state index contributed by atoms with van der Waals surface area (Å²) in [5.41, 5.74) is 12.1. The molecule has 9 nitrogen and oxygen atoms in total. The van der Waals surface area contributed by atoms with Gasteiger partial charge in [-0.05, 0) is 27.6 Å². The number of ether oxygens (including phenoxy) is 1. The van der Waals surface area contributed by atoms with E-state index in [1.165, 1.54) is 12.1 Å². The zero-order chi connectivity index (χ0) is 21.3. The van der Waals surface area contributed by atoms with Gasteiger partial charge >= 0.3 is 6.36 Å². The van der Waals surface area contributed by atoms with Crippen LogP contribution in [0.25, 0.3) is 0 Å². The standard InChI is InChI=1S/C16H10BrF3N8O/c17-10-6(2-1-3-8(10)29-16(18,19)20)12-9-11(23)7(4-21)13(24)27-14(9)28-15(26-12)25-5-22/h1-3,12H,(H6,23,24,25,26,27,28). The van der Waals surface area contributed by atoms with E-state index in [4.69, 9.17) is 16.7 Å². The first-order valence-electron chi connectivity index (χ1n) is 7.69. The SMILES string of the molecule is N#CNC1=NC(c2cccc(OC(F)(F)F)c2Br)c2c(nc(N)c(C#N)c2N)N1. The highest BCUT2D eigenvalue weighted by Crippen LogP contribution is 2.45. The van der Waals surface area contributed by atoms with E-state index in [0.717, 1.165) is 6.07 Å². The molecule has 1 aromatic carbocycles. The first kappa shape index (κ1) is 20.0. The number of nitrogens with two attached hydrogens (primary N) is 2. The second kappa shape index (κ2) is 7.37. The molecule has 1 atom stereocenters. The van der Waals surface area contributed by atoms with Gasteiger partial charge in [-0.3, -0.25) is 5.32 Å². The topological polar surface area (TPSA) is 158 Å². The summed E-state index contributed by atoms with van der Waals surface area (Å²) in [6.07, 6.45) is -3.23. The van der Waals surface area contributed by atoms with Crippen molar-refractivity contribution in [2.45, 2.75) is 12.4 Å². The van der Waals surface area contributed by atoms with E-state index < -0.39 is 18.2 Å². The Hall–Kier alpha value is -3.71. The van der Waals surface area contributed by atoms with Crippen LogP contribution in [0, 0.1) is 22.8 Å². The number of fused-ring (bicyclic) bond motifs is 1. The quantitative estimate of drug-likeness (QED) is 0.388. The number of rotatable bonds is 2. The lowest BCUT2D eigenvalue weighted by Gasteiger charge is -2.27. The van der Waals surface area contributed by atoms with Crippen molar-refractivity contribution < 1.29 is 17.9 Å². The number of anilines is 3. The Morgan fingerprint density at radius 2 is 2.00 bits per heavy atom. The van der Waals surface area contributed by atoms with Crippen molar-refractivity contribution in [2.24, 2.45) is 4.99 Å². The second-order valence-corrected chi connectivity index (χ2v) is 6.40. The number of hydrogen-bond acceptors (Lipinski definition) is 9. The Morgan fingerprint density at radius 3 is 2.62 bits per heavy atom. The summed E-state index contributed by atoms with van der Waals surface area (Å²) >= 11 is 3.10. The van der Waals surface area contributed by atoms with Gasteiger partial charge in [-0.2, -0.15) is 10.5 Å². The van der Waals surface area contributed by atoms with E-state index in [1.807, 2.05) is 6.07 Å². The molecule has 0 saturated heterocycles. The summed E-state index contributed by atoms with van der Waals surface area (Å²) in [6.45, 7) is 0. The minimum Gasteiger partial charge on any atom is -0.405 e. The number of aliphatic imine (C=N–C) groups is 1. The van der Waals surface area contributed by atoms with Gasteiger partial charge in [0.25, 0.3) is 0 Å². The van der Waals surface area contributed by atoms with Crippen molar-refractivity contribution in [3.63, 3.8) is 0 Å². The van der Waals surface area contributed by atoms with Crippen LogP contribution in [-0.2, 0) is 0 Å². The third-order valence-corrected chi connectivity index (χ3v) is 4.72. The average molecular weight is 467 g/mol. The lowest BCUT2D eigenvalue weighted by atomic mass is 9.95. The van der Waals surface area contributed by atoms with Gasteiger partial charge in [0, 0.05) is 5.56 Å². The molecule has 148 valence electrons. The molecule has 1 aromatic heterocycles. The maximum atomic E-state index is 12.7. The fraction of sp³-hybridized carbons (Fsp3) is 0.125. The van der Waals surface area contributed by atoms with Crippen LogP contribution >= 0.6 is 15.9 Å². The number of benzene rings is 1. The van der Waals surface area contributed by atoms with Crippen molar-refractivity contribution in [1.29, 1.82) is 10.5 Å². The molecule has 3 rings (SSSR count). The van der Waals surface area contributed by atoms with Crippen LogP contribution in [0.4, 0.5) is 30.5 Å². The van der Waals surface area contributed by atoms with Crippen LogP contribution in [0.1, 0.15) is 22.7 Å². The summed E-state index contributed by atoms with van der Waals surface area (Å²) in [7, 11) is 0. The molecule has 1 aliphatic heterocycles. The van der Waals surface area contributed by atoms with Crippen molar-refractivity contribution in [3.05, 3.63) is 39.4 Å². The van der Waals surface area contributed by atoms with E-state index in [0.29, 0.717) is 0 Å². The first-order valence-corrected chi connectivity index (χ1v) is 8.48. The molecule has 0 bridgehead atoms. The molecule has 0 spiro atoms. The van der Waals surface area contributed by atoms with Crippen molar-refractivity contribution in [2.75, 3.05) is 16.8 Å². The van der Waals surface area contributed by atoms with Crippen LogP contribution in [-0.4, -0.2) is 17.3 Å². The Labute approximate surface area is 169 Å². The van der Waals surface area contributed by atoms with Crippen LogP contribution in [0.3, 0.4) is 0 Å². The lowest BCUT2D eigenvalue weighted by Crippen LogP contribution is -2.33. The van der Waals surface area contributed by atoms with Gasteiger partial charge in [-0.25, -0.2) is 9.98 Å². The molecule has 29 heavy (non-hydrogen) atoms. The molecule has 2 heterocycles. The van der Waals surface area contributed by atoms with E-state index >= 15 is 0 Å². The number of nitrogen functional groups attached to an aromatic ring is 2. The molecule has 0 amide bonds. The number of halogens is 4. The number of hydrogen-bond donors (Lipinski definition) is 4. The van der Waals surface area contributed by atoms with Gasteiger partial charge in [-0.1, -0.05) is 12.1 Å². The number of guanidine groups is 1. The van der Waals surface area contributed by atoms with Gasteiger partial charge in [0.2, 0.25) is 5.96 Å². The van der Waals surface area contributed by atoms with Gasteiger partial charge < -0.3 is 21.5 Å². The molecule has 1 aliphatic rings. The smallest absolute Gasteiger partial charge is 0.405 e. The maximum Gasteiger partial charge on any atom is 0.573 e. The Kier molecular flexibility index (Phi) is 5.09. The van der Waals surface area contributed by atoms with Crippen molar-refractivity contribution in [3.8, 4) is 18.0 Å². The van der Waals surface area contributed by atoms with E-state index in [1.54, 1.807) is 6.19 Å². The van der Waals surface area contributed by atoms with Crippen molar-refractivity contribution in [1.82, 2.24) is 10.3 Å². The van der Waals surface area contributed by atoms with Gasteiger partial charge in [0.15, 0.2) is 6.19 Å². The molecular weight excluding hydrogens is 457 g/mol. The van der Waals surface area contributed by atoms with Crippen LogP contribution in [0.2, 0.25) is 0 Å². The summed E-state index contributed by atoms with van der Waals surface area (Å²) in [5.74, 6) is -0.579. The fourth-order valence-corrected chi connectivity index (χ4v) is 3.31. The maximum absolute atomic E-state index is 12.7. The third kappa shape index (κ3) is 3.81. The largest absolute Gasteiger partial charge is 0.573 e. The average Bonchev–Trinajstić information content (AvgIpc) is 2.62. The third-order valence-electron chi connectivity index (χ3n) is 3.87. The van der Waals surface area contributed by atoms with Gasteiger partial charge in [0.1, 0.15) is 35.1 Å². The molecule has 0 saturated carbocycles. The highest BCUT2D eigenvalue weighted by Gasteiger charge is 2.35. The Bertz CT molecular complexity index is 1100. The first-order chi connectivity index (χ1) is 13.7. The van der Waals surface area contributed by atoms with Gasteiger partial charge in [-0.15, -0.1) is 13.2 Å². The second-order valence-electron chi connectivity index (χ2n) is 5.61. The summed E-state index contributed by atoms with van der Waals surface area (Å²) in [6, 6.07) is 4.76. The predicted molar refractivity (Wildman–Crippen MR) is 100 cm³/mol. The highest BCUT2D eigenvalue weighted by molar-refractivity contribution is 9.10. The number of nitrogens with one attached hydrogen (secondary N) is 2. The van der Waals surface area contributed by atoms with E-state index in [-0.39, 0.29) is 44.4 Å². The zero-order valence-electron chi connectivity index (χ0n) is 14.2. The Balaban J connectivity index is 2.24. The van der Waals surface area contributed by atoms with Crippen LogP contribution < -0.4 is 26.8 Å². The van der Waals surface area contributed by atoms with E-state index in [2.05, 4.69) is 41.3 Å². The van der Waals surface area contributed by atoms with Crippen LogP contribution in [0.15, 0.2) is 27.7 Å². The number of nitriles is 2. The van der Waals surface area contributed by atoms with Gasteiger partial charge in [0.05, 0.1) is 10.2 Å². The number of aromatic nitrogens is 1. The number of pyridine rings is 1. The van der Waals surface area contributed by atoms with Crippen molar-refractivity contribution >= 4 is 39.2 Å². The Morgan fingerprint density at radius 1 is 1.28 bits per heavy atom. The molecule has 6 N–H and O–H groups in total. The molecular formula is C16H10BrF3N8O. The lowest BCUT2D eigenvalue weighted by molar-refractivity contribution is -0.274. The summed E-state index contributed by atoms with van der Waals surface area (Å²) < 4.78 is 42.1.